The molecular weight excluding hydrogens is 246 g/mol. The minimum Gasteiger partial charge on any atom is -0.324 e. The summed E-state index contributed by atoms with van der Waals surface area (Å²) >= 11 is 0. The zero-order valence-electron chi connectivity index (χ0n) is 10.2. The van der Waals surface area contributed by atoms with Crippen molar-refractivity contribution in [2.24, 2.45) is 0 Å². The number of rotatable bonds is 0. The second-order valence-corrected chi connectivity index (χ2v) is 5.84. The van der Waals surface area contributed by atoms with Crippen LogP contribution in [0.15, 0.2) is 0 Å². The number of piperidine rings is 1. The number of quaternary nitrogens is 1. The maximum Gasteiger partial charge on any atom is 0.0786 e. The summed E-state index contributed by atoms with van der Waals surface area (Å²) in [6.07, 6.45) is 10.5. The maximum atomic E-state index is 8.49. The highest BCUT2D eigenvalue weighted by Gasteiger charge is 2.29. The number of hydrogen-bond donors (Lipinski definition) is 0. The molecule has 6 heteroatoms. The van der Waals surface area contributed by atoms with E-state index in [2.05, 4.69) is 0 Å². The van der Waals surface area contributed by atoms with E-state index in [9.17, 15) is 0 Å². The lowest BCUT2D eigenvalue weighted by Crippen LogP contribution is -2.68. The summed E-state index contributed by atoms with van der Waals surface area (Å²) in [5.41, 5.74) is 0. The minimum atomic E-state index is -4.94. The molecule has 2 heterocycles. The van der Waals surface area contributed by atoms with E-state index in [1.165, 1.54) is 75.6 Å². The molecular formula is C11H22ClNO4. The van der Waals surface area contributed by atoms with E-state index in [4.69, 9.17) is 18.6 Å². The molecule has 0 aliphatic carbocycles. The summed E-state index contributed by atoms with van der Waals surface area (Å²) in [5.74, 6) is 0. The highest BCUT2D eigenvalue weighted by atomic mass is 35.7. The van der Waals surface area contributed by atoms with Gasteiger partial charge in [-0.25, -0.2) is 18.6 Å². The van der Waals surface area contributed by atoms with E-state index in [-0.39, 0.29) is 0 Å². The van der Waals surface area contributed by atoms with Crippen molar-refractivity contribution in [2.75, 3.05) is 26.2 Å². The Bertz CT molecular complexity index is 198. The monoisotopic (exact) mass is 267 g/mol. The quantitative estimate of drug-likeness (QED) is 0.466. The molecule has 0 saturated carbocycles. The topological polar surface area (TPSA) is 92.2 Å². The third kappa shape index (κ3) is 7.18. The molecule has 0 bridgehead atoms. The van der Waals surface area contributed by atoms with Crippen LogP contribution in [0.25, 0.3) is 0 Å². The van der Waals surface area contributed by atoms with Crippen LogP contribution in [0.5, 0.6) is 0 Å². The van der Waals surface area contributed by atoms with Crippen LogP contribution in [0, 0.1) is 10.2 Å². The minimum absolute atomic E-state index is 1.50. The molecule has 17 heavy (non-hydrogen) atoms. The molecule has 2 fully saturated rings. The summed E-state index contributed by atoms with van der Waals surface area (Å²) in [6.45, 7) is 6.00. The van der Waals surface area contributed by atoms with Crippen LogP contribution in [0.1, 0.15) is 44.9 Å². The fourth-order valence-corrected chi connectivity index (χ4v) is 2.99. The van der Waals surface area contributed by atoms with E-state index in [0.29, 0.717) is 0 Å². The number of halogens is 1. The molecule has 2 saturated heterocycles. The van der Waals surface area contributed by atoms with Gasteiger partial charge in [-0.3, -0.25) is 0 Å². The smallest absolute Gasteiger partial charge is 0.0786 e. The molecule has 0 atom stereocenters. The Labute approximate surface area is 105 Å². The van der Waals surface area contributed by atoms with Crippen LogP contribution >= 0.6 is 0 Å². The first-order chi connectivity index (χ1) is 7.91. The SMILES string of the molecule is C1CCC[N+]2(CC1)CCCCC2.[O-][Cl+3]([O-])([O-])[O-]. The van der Waals surface area contributed by atoms with Gasteiger partial charge in [0.05, 0.1) is 26.2 Å². The second-order valence-electron chi connectivity index (χ2n) is 5.09. The van der Waals surface area contributed by atoms with Crippen LogP contribution in [-0.4, -0.2) is 30.7 Å². The van der Waals surface area contributed by atoms with Gasteiger partial charge in [0.1, 0.15) is 0 Å². The van der Waals surface area contributed by atoms with Gasteiger partial charge in [0.2, 0.25) is 0 Å². The average Bonchev–Trinajstić information content (AvgIpc) is 2.43. The summed E-state index contributed by atoms with van der Waals surface area (Å²) in [6, 6.07) is 0. The third-order valence-electron chi connectivity index (χ3n) is 3.78. The fraction of sp³-hybridized carbons (Fsp3) is 1.00. The lowest BCUT2D eigenvalue weighted by Gasteiger charge is -2.40. The molecule has 2 rings (SSSR count). The van der Waals surface area contributed by atoms with E-state index in [1.807, 2.05) is 0 Å². The van der Waals surface area contributed by atoms with E-state index < -0.39 is 10.2 Å². The largest absolute Gasteiger partial charge is 0.324 e. The Kier molecular flexibility index (Phi) is 6.12. The van der Waals surface area contributed by atoms with Gasteiger partial charge >= 0.3 is 0 Å². The molecule has 102 valence electrons. The van der Waals surface area contributed by atoms with Gasteiger partial charge in [-0.2, -0.15) is 0 Å². The summed E-state index contributed by atoms with van der Waals surface area (Å²) in [7, 11) is -4.94. The molecule has 2 aliphatic rings. The van der Waals surface area contributed by atoms with Crippen LogP contribution < -0.4 is 18.6 Å². The fourth-order valence-electron chi connectivity index (χ4n) is 2.99. The van der Waals surface area contributed by atoms with E-state index in [0.717, 1.165) is 0 Å². The first-order valence-electron chi connectivity index (χ1n) is 6.38. The molecule has 0 radical (unpaired) electrons. The normalized spacial score (nSPS) is 24.7. The molecule has 2 aliphatic heterocycles. The average molecular weight is 268 g/mol. The van der Waals surface area contributed by atoms with Crippen LogP contribution in [0.3, 0.4) is 0 Å². The molecule has 0 aromatic rings. The van der Waals surface area contributed by atoms with E-state index in [1.54, 1.807) is 0 Å². The highest BCUT2D eigenvalue weighted by Crippen LogP contribution is 2.24. The van der Waals surface area contributed by atoms with Crippen LogP contribution in [-0.2, 0) is 0 Å². The molecule has 0 N–H and O–H groups in total. The highest BCUT2D eigenvalue weighted by molar-refractivity contribution is 4.58. The predicted octanol–water partition coefficient (Wildman–Crippen LogP) is -2.19. The summed E-state index contributed by atoms with van der Waals surface area (Å²) in [5, 5.41) is 0. The van der Waals surface area contributed by atoms with Gasteiger partial charge in [-0.1, -0.05) is 0 Å². The van der Waals surface area contributed by atoms with Crippen molar-refractivity contribution in [3.8, 4) is 0 Å². The lowest BCUT2D eigenvalue weighted by molar-refractivity contribution is -2.00. The van der Waals surface area contributed by atoms with Crippen molar-refractivity contribution in [1.29, 1.82) is 0 Å². The van der Waals surface area contributed by atoms with Gasteiger partial charge in [-0.05, 0) is 44.9 Å². The number of hydrogen-bond acceptors (Lipinski definition) is 4. The Morgan fingerprint density at radius 2 is 0.765 bits per heavy atom. The van der Waals surface area contributed by atoms with Crippen molar-refractivity contribution in [3.05, 3.63) is 0 Å². The zero-order valence-corrected chi connectivity index (χ0v) is 11.0. The Morgan fingerprint density at radius 1 is 0.529 bits per heavy atom. The standard InChI is InChI=1S/C11H22N.ClHO4/c1-2-5-9-12(8-4-1)10-6-3-7-11-12;2-1(3,4)5/h1-11H2;(H,2,3,4,5)/q+1;/p-1. The molecule has 0 aromatic carbocycles. The van der Waals surface area contributed by atoms with Crippen molar-refractivity contribution in [1.82, 2.24) is 0 Å². The first kappa shape index (κ1) is 15.1. The number of nitrogens with zero attached hydrogens (tertiary/aromatic N) is 1. The predicted molar refractivity (Wildman–Crippen MR) is 52.0 cm³/mol. The van der Waals surface area contributed by atoms with Crippen molar-refractivity contribution in [3.63, 3.8) is 0 Å². The summed E-state index contributed by atoms with van der Waals surface area (Å²) < 4.78 is 35.5. The van der Waals surface area contributed by atoms with Crippen molar-refractivity contribution < 1.29 is 33.4 Å². The molecule has 1 spiro atoms. The van der Waals surface area contributed by atoms with Crippen LogP contribution in [0.2, 0.25) is 0 Å². The van der Waals surface area contributed by atoms with Gasteiger partial charge < -0.3 is 4.48 Å². The Morgan fingerprint density at radius 3 is 1.06 bits per heavy atom. The zero-order chi connectivity index (χ0) is 12.8. The van der Waals surface area contributed by atoms with Gasteiger partial charge in [0, 0.05) is 0 Å². The lowest BCUT2D eigenvalue weighted by atomic mass is 10.1. The van der Waals surface area contributed by atoms with Gasteiger partial charge in [-0.15, -0.1) is 10.2 Å². The van der Waals surface area contributed by atoms with Gasteiger partial charge in [0.15, 0.2) is 0 Å². The third-order valence-corrected chi connectivity index (χ3v) is 3.78. The molecule has 5 nitrogen and oxygen atoms in total. The maximum absolute atomic E-state index is 8.49. The Hall–Kier alpha value is 0.0900. The Balaban J connectivity index is 0.000000249. The van der Waals surface area contributed by atoms with Crippen molar-refractivity contribution in [2.45, 2.75) is 44.9 Å². The molecule has 0 aromatic heterocycles. The second kappa shape index (κ2) is 6.87. The molecule has 0 amide bonds. The van der Waals surface area contributed by atoms with Gasteiger partial charge in [0.25, 0.3) is 0 Å². The van der Waals surface area contributed by atoms with E-state index >= 15 is 0 Å². The van der Waals surface area contributed by atoms with Crippen LogP contribution in [0.4, 0.5) is 0 Å². The summed E-state index contributed by atoms with van der Waals surface area (Å²) in [4.78, 5) is 0. The first-order valence-corrected chi connectivity index (χ1v) is 7.62. The molecule has 0 unspecified atom stereocenters. The van der Waals surface area contributed by atoms with Crippen molar-refractivity contribution >= 4 is 0 Å².